The van der Waals surface area contributed by atoms with E-state index in [9.17, 15) is 0 Å². The number of fused-ring (bicyclic) bond motifs is 1. The van der Waals surface area contributed by atoms with Crippen LogP contribution in [0.15, 0.2) is 24.4 Å². The SMILES string of the molecule is CC1(C)OB(c2cc(Cl)c3ccn([Si](C)(C)C(C)(C)C)c3c2)OC1(C)C. The molecule has 2 aromatic rings. The first kappa shape index (κ1) is 20.0. The lowest BCUT2D eigenvalue weighted by Crippen LogP contribution is -2.45. The second-order valence-electron chi connectivity index (χ2n) is 10.0. The predicted molar refractivity (Wildman–Crippen MR) is 115 cm³/mol. The third-order valence-corrected chi connectivity index (χ3v) is 12.3. The Labute approximate surface area is 164 Å². The molecule has 1 aliphatic rings. The highest BCUT2D eigenvalue weighted by molar-refractivity contribution is 6.79. The fourth-order valence-corrected chi connectivity index (χ4v) is 5.42. The van der Waals surface area contributed by atoms with E-state index in [-0.39, 0.29) is 16.2 Å². The van der Waals surface area contributed by atoms with Gasteiger partial charge in [0.2, 0.25) is 0 Å². The van der Waals surface area contributed by atoms with Crippen LogP contribution in [-0.2, 0) is 9.31 Å². The number of nitrogens with zero attached hydrogens (tertiary/aromatic N) is 1. The van der Waals surface area contributed by atoms with Crippen LogP contribution < -0.4 is 5.46 Å². The zero-order chi connectivity index (χ0) is 19.7. The zero-order valence-electron chi connectivity index (χ0n) is 17.5. The van der Waals surface area contributed by atoms with Gasteiger partial charge >= 0.3 is 7.12 Å². The zero-order valence-corrected chi connectivity index (χ0v) is 19.3. The van der Waals surface area contributed by atoms with Gasteiger partial charge in [-0.05, 0) is 62.6 Å². The van der Waals surface area contributed by atoms with E-state index in [4.69, 9.17) is 20.9 Å². The van der Waals surface area contributed by atoms with Gasteiger partial charge in [-0.3, -0.25) is 0 Å². The third kappa shape index (κ3) is 2.97. The second-order valence-corrected chi connectivity index (χ2v) is 15.5. The molecule has 1 fully saturated rings. The summed E-state index contributed by atoms with van der Waals surface area (Å²) in [5.74, 6) is 0. The van der Waals surface area contributed by atoms with Gasteiger partial charge in [0.05, 0.1) is 11.2 Å². The number of hydrogen-bond acceptors (Lipinski definition) is 2. The number of hydrogen-bond donors (Lipinski definition) is 0. The summed E-state index contributed by atoms with van der Waals surface area (Å²) < 4.78 is 15.0. The highest BCUT2D eigenvalue weighted by atomic mass is 35.5. The number of aromatic nitrogens is 1. The van der Waals surface area contributed by atoms with E-state index < -0.39 is 15.4 Å². The highest BCUT2D eigenvalue weighted by Gasteiger charge is 2.52. The summed E-state index contributed by atoms with van der Waals surface area (Å²) in [7, 11) is -2.16. The van der Waals surface area contributed by atoms with Crippen LogP contribution in [0.25, 0.3) is 10.9 Å². The van der Waals surface area contributed by atoms with Crippen LogP contribution in [0.5, 0.6) is 0 Å². The lowest BCUT2D eigenvalue weighted by atomic mass is 9.79. The summed E-state index contributed by atoms with van der Waals surface area (Å²) >= 11 is 6.65. The molecule has 6 heteroatoms. The highest BCUT2D eigenvalue weighted by Crippen LogP contribution is 2.40. The van der Waals surface area contributed by atoms with Crippen molar-refractivity contribution in [3.8, 4) is 0 Å². The molecule has 0 aliphatic carbocycles. The summed E-state index contributed by atoms with van der Waals surface area (Å²) in [5, 5.41) is 2.08. The van der Waals surface area contributed by atoms with Gasteiger partial charge in [0, 0.05) is 15.9 Å². The van der Waals surface area contributed by atoms with Crippen LogP contribution in [-0.4, -0.2) is 30.8 Å². The van der Waals surface area contributed by atoms with Crippen LogP contribution in [0.2, 0.25) is 23.2 Å². The van der Waals surface area contributed by atoms with E-state index in [0.717, 1.165) is 15.9 Å². The summed E-state index contributed by atoms with van der Waals surface area (Å²) in [6.45, 7) is 20.1. The molecule has 0 bridgehead atoms. The van der Waals surface area contributed by atoms with Crippen molar-refractivity contribution in [2.45, 2.75) is 77.8 Å². The van der Waals surface area contributed by atoms with Gasteiger partial charge in [0.15, 0.2) is 8.24 Å². The maximum absolute atomic E-state index is 6.65. The first-order valence-corrected chi connectivity index (χ1v) is 12.7. The Morgan fingerprint density at radius 1 is 1.04 bits per heavy atom. The predicted octanol–water partition coefficient (Wildman–Crippen LogP) is 5.45. The largest absolute Gasteiger partial charge is 0.494 e. The molecule has 3 nitrogen and oxygen atoms in total. The molecule has 26 heavy (non-hydrogen) atoms. The van der Waals surface area contributed by atoms with Crippen molar-refractivity contribution in [2.75, 3.05) is 0 Å². The summed E-state index contributed by atoms with van der Waals surface area (Å²) in [6, 6.07) is 6.32. The van der Waals surface area contributed by atoms with E-state index in [2.05, 4.69) is 84.1 Å². The summed E-state index contributed by atoms with van der Waals surface area (Å²) in [5.41, 5.74) is 1.44. The lowest BCUT2D eigenvalue weighted by molar-refractivity contribution is 0.00578. The Morgan fingerprint density at radius 2 is 1.58 bits per heavy atom. The molecule has 0 amide bonds. The lowest BCUT2D eigenvalue weighted by Gasteiger charge is -2.38. The molecule has 1 saturated heterocycles. The molecule has 0 unspecified atom stereocenters. The molecule has 0 N–H and O–H groups in total. The molecule has 3 rings (SSSR count). The molecule has 2 heterocycles. The average Bonchev–Trinajstić information content (AvgIpc) is 2.97. The van der Waals surface area contributed by atoms with Crippen molar-refractivity contribution in [3.05, 3.63) is 29.4 Å². The molecule has 0 radical (unpaired) electrons. The van der Waals surface area contributed by atoms with Crippen LogP contribution in [0.3, 0.4) is 0 Å². The summed E-state index contributed by atoms with van der Waals surface area (Å²) in [4.78, 5) is 0. The number of rotatable bonds is 2. The van der Waals surface area contributed by atoms with Crippen LogP contribution in [0.4, 0.5) is 0 Å². The Hall–Kier alpha value is -0.748. The Morgan fingerprint density at radius 3 is 2.08 bits per heavy atom. The van der Waals surface area contributed by atoms with Crippen molar-refractivity contribution in [2.24, 2.45) is 0 Å². The van der Waals surface area contributed by atoms with Gasteiger partial charge < -0.3 is 13.5 Å². The van der Waals surface area contributed by atoms with Crippen molar-refractivity contribution >= 4 is 43.3 Å². The van der Waals surface area contributed by atoms with Crippen LogP contribution in [0, 0.1) is 0 Å². The van der Waals surface area contributed by atoms with Crippen molar-refractivity contribution in [1.82, 2.24) is 4.23 Å². The third-order valence-electron chi connectivity index (χ3n) is 6.74. The molecular formula is C20H31BClNO2Si. The van der Waals surface area contributed by atoms with E-state index in [0.29, 0.717) is 0 Å². The quantitative estimate of drug-likeness (QED) is 0.636. The Kier molecular flexibility index (Phi) is 4.52. The minimum atomic E-state index is -1.76. The molecule has 0 saturated carbocycles. The van der Waals surface area contributed by atoms with Gasteiger partial charge in [-0.25, -0.2) is 0 Å². The smallest absolute Gasteiger partial charge is 0.399 e. The van der Waals surface area contributed by atoms with Crippen LogP contribution in [0.1, 0.15) is 48.5 Å². The molecule has 1 aromatic heterocycles. The fourth-order valence-electron chi connectivity index (χ4n) is 3.18. The van der Waals surface area contributed by atoms with Gasteiger partial charge in [0.1, 0.15) is 0 Å². The summed E-state index contributed by atoms with van der Waals surface area (Å²) in [6.07, 6.45) is 2.20. The average molecular weight is 392 g/mol. The fraction of sp³-hybridized carbons (Fsp3) is 0.600. The molecule has 0 atom stereocenters. The van der Waals surface area contributed by atoms with Gasteiger partial charge in [-0.2, -0.15) is 0 Å². The van der Waals surface area contributed by atoms with E-state index in [1.807, 2.05) is 6.07 Å². The van der Waals surface area contributed by atoms with Crippen molar-refractivity contribution in [3.63, 3.8) is 0 Å². The van der Waals surface area contributed by atoms with E-state index in [1.165, 1.54) is 5.52 Å². The normalized spacial score (nSPS) is 20.2. The number of halogens is 1. The minimum absolute atomic E-state index is 0.228. The van der Waals surface area contributed by atoms with Gasteiger partial charge in [-0.15, -0.1) is 0 Å². The maximum atomic E-state index is 6.65. The maximum Gasteiger partial charge on any atom is 0.494 e. The first-order valence-electron chi connectivity index (χ1n) is 9.34. The number of benzene rings is 1. The minimum Gasteiger partial charge on any atom is -0.399 e. The molecule has 1 aromatic carbocycles. The molecule has 0 spiro atoms. The van der Waals surface area contributed by atoms with E-state index in [1.54, 1.807) is 0 Å². The Balaban J connectivity index is 2.13. The van der Waals surface area contributed by atoms with Gasteiger partial charge in [-0.1, -0.05) is 45.5 Å². The van der Waals surface area contributed by atoms with Crippen LogP contribution >= 0.6 is 11.6 Å². The second kappa shape index (κ2) is 5.87. The standard InChI is InChI=1S/C20H31BClNO2Si/c1-18(2,3)26(8,9)23-11-10-15-16(22)12-14(13-17(15)23)21-24-19(4,5)20(6,7)25-21/h10-13H,1-9H3. The molecule has 1 aliphatic heterocycles. The molecule has 142 valence electrons. The first-order chi connectivity index (χ1) is 11.7. The van der Waals surface area contributed by atoms with E-state index >= 15 is 0 Å². The molecular weight excluding hydrogens is 361 g/mol. The topological polar surface area (TPSA) is 23.4 Å². The van der Waals surface area contributed by atoms with Crippen molar-refractivity contribution in [1.29, 1.82) is 0 Å². The van der Waals surface area contributed by atoms with Gasteiger partial charge in [0.25, 0.3) is 0 Å². The van der Waals surface area contributed by atoms with Crippen molar-refractivity contribution < 1.29 is 9.31 Å². The Bertz CT molecular complexity index is 835. The monoisotopic (exact) mass is 391 g/mol.